The van der Waals surface area contributed by atoms with Gasteiger partial charge in [-0.05, 0) is 56.1 Å². The molecule has 8 heteroatoms. The summed E-state index contributed by atoms with van der Waals surface area (Å²) in [6, 6.07) is 13.2. The average molecular weight is 389 g/mol. The molecule has 1 aliphatic heterocycles. The fourth-order valence-corrected chi connectivity index (χ4v) is 3.96. The number of rotatable bonds is 5. The number of hydrogen-bond acceptors (Lipinski definition) is 5. The normalized spacial score (nSPS) is 15.9. The van der Waals surface area contributed by atoms with Gasteiger partial charge in [0.15, 0.2) is 5.82 Å². The number of H-pyrrole nitrogens is 1. The van der Waals surface area contributed by atoms with Crippen molar-refractivity contribution >= 4 is 11.0 Å². The van der Waals surface area contributed by atoms with Gasteiger partial charge in [0, 0.05) is 25.0 Å². The lowest BCUT2D eigenvalue weighted by molar-refractivity contribution is 0.161. The summed E-state index contributed by atoms with van der Waals surface area (Å²) in [5, 5.41) is 8.69. The summed E-state index contributed by atoms with van der Waals surface area (Å²) in [6.45, 7) is 3.46. The fraction of sp³-hybridized carbons (Fsp3) is 0.333. The van der Waals surface area contributed by atoms with Crippen molar-refractivity contribution in [3.63, 3.8) is 0 Å². The molecule has 1 aromatic carbocycles. The van der Waals surface area contributed by atoms with Crippen molar-refractivity contribution in [3.05, 3.63) is 71.0 Å². The minimum Gasteiger partial charge on any atom is -0.341 e. The molecule has 0 bridgehead atoms. The van der Waals surface area contributed by atoms with E-state index in [4.69, 9.17) is 0 Å². The average Bonchev–Trinajstić information content (AvgIpc) is 3.40. The van der Waals surface area contributed by atoms with E-state index in [1.165, 1.54) is 0 Å². The van der Waals surface area contributed by atoms with Gasteiger partial charge in [0.1, 0.15) is 5.82 Å². The van der Waals surface area contributed by atoms with Crippen molar-refractivity contribution in [2.75, 3.05) is 13.1 Å². The van der Waals surface area contributed by atoms with E-state index >= 15 is 0 Å². The van der Waals surface area contributed by atoms with Crippen molar-refractivity contribution < 1.29 is 0 Å². The topological polar surface area (TPSA) is 84.6 Å². The summed E-state index contributed by atoms with van der Waals surface area (Å²) >= 11 is 0. The summed E-state index contributed by atoms with van der Waals surface area (Å²) in [4.78, 5) is 22.8. The number of fused-ring (bicyclic) bond motifs is 1. The van der Waals surface area contributed by atoms with Crippen LogP contribution in [0.4, 0.5) is 0 Å². The molecule has 1 aliphatic rings. The molecule has 0 radical (unpaired) electrons. The van der Waals surface area contributed by atoms with Crippen LogP contribution in [-0.2, 0) is 13.1 Å². The third kappa shape index (κ3) is 3.84. The molecule has 0 unspecified atom stereocenters. The lowest BCUT2D eigenvalue weighted by Crippen LogP contribution is -2.36. The number of nitrogens with zero attached hydrogens (tertiary/aromatic N) is 6. The van der Waals surface area contributed by atoms with Crippen molar-refractivity contribution in [1.29, 1.82) is 0 Å². The predicted octanol–water partition coefficient (Wildman–Crippen LogP) is 2.22. The van der Waals surface area contributed by atoms with Crippen LogP contribution in [0.25, 0.3) is 16.9 Å². The van der Waals surface area contributed by atoms with Crippen molar-refractivity contribution in [2.45, 2.75) is 25.9 Å². The number of nitrogens with one attached hydrogen (secondary N) is 1. The Morgan fingerprint density at radius 2 is 1.93 bits per heavy atom. The molecular formula is C21H23N7O. The summed E-state index contributed by atoms with van der Waals surface area (Å²) in [5.74, 6) is 2.12. The standard InChI is InChI=1S/C21H23N7O/c29-21-7-6-20(27-11-3-10-22-27)25-28(21)14-16-8-12-26(13-9-16)15-19-23-17-4-1-2-5-18(17)24-19/h1-7,10-11,16H,8-9,12-15H2,(H,23,24). The first-order valence-electron chi connectivity index (χ1n) is 9.99. The van der Waals surface area contributed by atoms with Gasteiger partial charge in [-0.15, -0.1) is 5.10 Å². The molecule has 4 heterocycles. The maximum Gasteiger partial charge on any atom is 0.266 e. The predicted molar refractivity (Wildman–Crippen MR) is 110 cm³/mol. The van der Waals surface area contributed by atoms with Gasteiger partial charge >= 0.3 is 0 Å². The summed E-state index contributed by atoms with van der Waals surface area (Å²) in [5.41, 5.74) is 2.03. The van der Waals surface area contributed by atoms with Crippen LogP contribution >= 0.6 is 0 Å². The molecule has 1 saturated heterocycles. The number of para-hydroxylation sites is 2. The van der Waals surface area contributed by atoms with Gasteiger partial charge in [-0.3, -0.25) is 9.69 Å². The monoisotopic (exact) mass is 389 g/mol. The zero-order valence-electron chi connectivity index (χ0n) is 16.1. The summed E-state index contributed by atoms with van der Waals surface area (Å²) < 4.78 is 3.25. The number of piperidine rings is 1. The molecule has 8 nitrogen and oxygen atoms in total. The quantitative estimate of drug-likeness (QED) is 0.566. The molecule has 0 amide bonds. The molecule has 29 heavy (non-hydrogen) atoms. The first-order valence-corrected chi connectivity index (χ1v) is 9.99. The van der Waals surface area contributed by atoms with Gasteiger partial charge < -0.3 is 4.98 Å². The lowest BCUT2D eigenvalue weighted by atomic mass is 9.97. The lowest BCUT2D eigenvalue weighted by Gasteiger charge is -2.31. The SMILES string of the molecule is O=c1ccc(-n2cccn2)nn1CC1CCN(Cc2nc3ccccc3[nH]2)CC1. The first kappa shape index (κ1) is 17.8. The van der Waals surface area contributed by atoms with Crippen LogP contribution in [0, 0.1) is 5.92 Å². The molecule has 1 N–H and O–H groups in total. The Balaban J connectivity index is 1.21. The highest BCUT2D eigenvalue weighted by Crippen LogP contribution is 2.20. The Kier molecular flexibility index (Phi) is 4.69. The highest BCUT2D eigenvalue weighted by molar-refractivity contribution is 5.74. The van der Waals surface area contributed by atoms with Gasteiger partial charge in [-0.2, -0.15) is 5.10 Å². The van der Waals surface area contributed by atoms with E-state index in [1.54, 1.807) is 27.7 Å². The Morgan fingerprint density at radius 1 is 1.07 bits per heavy atom. The molecule has 5 rings (SSSR count). The number of aromatic nitrogens is 6. The largest absolute Gasteiger partial charge is 0.341 e. The van der Waals surface area contributed by atoms with Crippen LogP contribution in [0.5, 0.6) is 0 Å². The molecule has 0 aliphatic carbocycles. The van der Waals surface area contributed by atoms with Crippen LogP contribution in [0.2, 0.25) is 0 Å². The van der Waals surface area contributed by atoms with E-state index in [-0.39, 0.29) is 5.56 Å². The van der Waals surface area contributed by atoms with Gasteiger partial charge in [0.2, 0.25) is 0 Å². The minimum absolute atomic E-state index is 0.0642. The summed E-state index contributed by atoms with van der Waals surface area (Å²) in [7, 11) is 0. The van der Waals surface area contributed by atoms with Crippen LogP contribution in [0.3, 0.4) is 0 Å². The number of hydrogen-bond donors (Lipinski definition) is 1. The molecule has 1 fully saturated rings. The van der Waals surface area contributed by atoms with E-state index in [2.05, 4.69) is 31.1 Å². The molecule has 0 saturated carbocycles. The second kappa shape index (κ2) is 7.63. The highest BCUT2D eigenvalue weighted by Gasteiger charge is 2.21. The fourth-order valence-electron chi connectivity index (χ4n) is 3.96. The first-order chi connectivity index (χ1) is 14.2. The number of benzene rings is 1. The second-order valence-corrected chi connectivity index (χ2v) is 7.58. The molecule has 3 aromatic heterocycles. The smallest absolute Gasteiger partial charge is 0.266 e. The minimum atomic E-state index is -0.0642. The third-order valence-corrected chi connectivity index (χ3v) is 5.54. The second-order valence-electron chi connectivity index (χ2n) is 7.58. The van der Waals surface area contributed by atoms with E-state index in [1.807, 2.05) is 30.5 Å². The Morgan fingerprint density at radius 3 is 2.72 bits per heavy atom. The number of aromatic amines is 1. The maximum atomic E-state index is 12.3. The zero-order chi connectivity index (χ0) is 19.6. The van der Waals surface area contributed by atoms with E-state index in [0.29, 0.717) is 18.3 Å². The van der Waals surface area contributed by atoms with Crippen LogP contribution in [0.15, 0.2) is 59.7 Å². The number of likely N-dealkylation sites (tertiary alicyclic amines) is 1. The third-order valence-electron chi connectivity index (χ3n) is 5.54. The van der Waals surface area contributed by atoms with E-state index in [0.717, 1.165) is 49.3 Å². The van der Waals surface area contributed by atoms with Gasteiger partial charge in [-0.1, -0.05) is 12.1 Å². The van der Waals surface area contributed by atoms with Gasteiger partial charge in [-0.25, -0.2) is 14.3 Å². The molecule has 0 spiro atoms. The Bertz CT molecular complexity index is 1120. The molecular weight excluding hydrogens is 366 g/mol. The highest BCUT2D eigenvalue weighted by atomic mass is 16.1. The number of imidazole rings is 1. The van der Waals surface area contributed by atoms with Gasteiger partial charge in [0.25, 0.3) is 5.56 Å². The van der Waals surface area contributed by atoms with Gasteiger partial charge in [0.05, 0.1) is 17.6 Å². The van der Waals surface area contributed by atoms with E-state index in [9.17, 15) is 4.79 Å². The molecule has 4 aromatic rings. The van der Waals surface area contributed by atoms with Crippen molar-refractivity contribution in [3.8, 4) is 5.82 Å². The van der Waals surface area contributed by atoms with E-state index < -0.39 is 0 Å². The van der Waals surface area contributed by atoms with Crippen molar-refractivity contribution in [1.82, 2.24) is 34.4 Å². The molecule has 148 valence electrons. The van der Waals surface area contributed by atoms with Crippen molar-refractivity contribution in [2.24, 2.45) is 5.92 Å². The van der Waals surface area contributed by atoms with Crippen LogP contribution in [-0.4, -0.2) is 47.5 Å². The van der Waals surface area contributed by atoms with Crippen LogP contribution < -0.4 is 5.56 Å². The maximum absolute atomic E-state index is 12.3. The summed E-state index contributed by atoms with van der Waals surface area (Å²) in [6.07, 6.45) is 5.61. The Hall–Kier alpha value is -3.26. The van der Waals surface area contributed by atoms with Crippen LogP contribution in [0.1, 0.15) is 18.7 Å². The molecule has 0 atom stereocenters. The zero-order valence-corrected chi connectivity index (χ0v) is 16.1. The Labute approximate surface area is 167 Å².